The first-order valence-corrected chi connectivity index (χ1v) is 5.84. The van der Waals surface area contributed by atoms with Gasteiger partial charge in [0.05, 0.1) is 11.9 Å². The number of aromatic nitrogens is 2. The number of H-pyrrole nitrogens is 1. The Balaban J connectivity index is 2.06. The molecule has 0 aliphatic carbocycles. The van der Waals surface area contributed by atoms with E-state index in [0.717, 1.165) is 11.1 Å². The Hall–Kier alpha value is -2.50. The second kappa shape index (κ2) is 4.31. The lowest BCUT2D eigenvalue weighted by Crippen LogP contribution is -2.15. The average Bonchev–Trinajstić information content (AvgIpc) is 2.87. The monoisotopic (exact) mass is 260 g/mol. The lowest BCUT2D eigenvalue weighted by molar-refractivity contribution is 0.0685. The van der Waals surface area contributed by atoms with E-state index in [0.29, 0.717) is 30.4 Å². The van der Waals surface area contributed by atoms with Crippen LogP contribution < -0.4 is 9.47 Å². The second-order valence-electron chi connectivity index (χ2n) is 4.26. The van der Waals surface area contributed by atoms with E-state index in [-0.39, 0.29) is 5.82 Å². The third-order valence-electron chi connectivity index (χ3n) is 2.96. The van der Waals surface area contributed by atoms with Crippen molar-refractivity contribution in [3.63, 3.8) is 0 Å². The number of carbonyl (C=O) groups is 1. The maximum Gasteiger partial charge on any atom is 0.371 e. The SMILES string of the molecule is Cc1cc2c(cc1-c1cnc(C(=O)O)[nH]1)OCCO2. The molecule has 19 heavy (non-hydrogen) atoms. The van der Waals surface area contributed by atoms with Crippen molar-refractivity contribution < 1.29 is 19.4 Å². The van der Waals surface area contributed by atoms with Crippen LogP contribution in [0.15, 0.2) is 18.3 Å². The third kappa shape index (κ3) is 2.01. The summed E-state index contributed by atoms with van der Waals surface area (Å²) in [4.78, 5) is 17.4. The minimum atomic E-state index is -1.08. The lowest BCUT2D eigenvalue weighted by Gasteiger charge is -2.20. The van der Waals surface area contributed by atoms with Crippen LogP contribution in [0, 0.1) is 6.92 Å². The fourth-order valence-electron chi connectivity index (χ4n) is 2.05. The van der Waals surface area contributed by atoms with E-state index in [1.165, 1.54) is 6.20 Å². The quantitative estimate of drug-likeness (QED) is 0.860. The molecule has 2 heterocycles. The van der Waals surface area contributed by atoms with Crippen LogP contribution in [0.25, 0.3) is 11.3 Å². The molecule has 1 aromatic carbocycles. The second-order valence-corrected chi connectivity index (χ2v) is 4.26. The highest BCUT2D eigenvalue weighted by Crippen LogP contribution is 2.36. The van der Waals surface area contributed by atoms with E-state index in [4.69, 9.17) is 14.6 Å². The molecule has 1 aliphatic heterocycles. The maximum absolute atomic E-state index is 10.8. The Morgan fingerprint density at radius 2 is 2.00 bits per heavy atom. The van der Waals surface area contributed by atoms with Gasteiger partial charge in [-0.15, -0.1) is 0 Å². The first-order chi connectivity index (χ1) is 9.15. The number of benzene rings is 1. The first kappa shape index (κ1) is 11.6. The highest BCUT2D eigenvalue weighted by Gasteiger charge is 2.17. The standard InChI is InChI=1S/C13H12N2O4/c1-7-4-10-11(19-3-2-18-10)5-8(7)9-6-14-12(15-9)13(16)17/h4-6H,2-3H2,1H3,(H,14,15)(H,16,17). The van der Waals surface area contributed by atoms with Crippen LogP contribution in [-0.2, 0) is 0 Å². The number of aromatic amines is 1. The Morgan fingerprint density at radius 3 is 2.63 bits per heavy atom. The fraction of sp³-hybridized carbons (Fsp3) is 0.231. The molecular formula is C13H12N2O4. The Labute approximate surface area is 109 Å². The zero-order valence-electron chi connectivity index (χ0n) is 10.3. The van der Waals surface area contributed by atoms with Gasteiger partial charge in [0.15, 0.2) is 11.5 Å². The largest absolute Gasteiger partial charge is 0.486 e. The van der Waals surface area contributed by atoms with E-state index in [1.54, 1.807) is 0 Å². The topological polar surface area (TPSA) is 84.4 Å². The molecule has 1 aliphatic rings. The van der Waals surface area contributed by atoms with Crippen LogP contribution in [0.5, 0.6) is 11.5 Å². The molecule has 0 saturated heterocycles. The number of hydrogen-bond acceptors (Lipinski definition) is 4. The summed E-state index contributed by atoms with van der Waals surface area (Å²) < 4.78 is 11.0. The van der Waals surface area contributed by atoms with Gasteiger partial charge in [-0.1, -0.05) is 0 Å². The number of aryl methyl sites for hydroxylation is 1. The zero-order chi connectivity index (χ0) is 13.4. The number of carboxylic acids is 1. The molecule has 0 saturated carbocycles. The summed E-state index contributed by atoms with van der Waals surface area (Å²) in [5, 5.41) is 8.87. The zero-order valence-corrected chi connectivity index (χ0v) is 10.3. The Bertz CT molecular complexity index is 648. The van der Waals surface area contributed by atoms with Gasteiger partial charge in [-0.3, -0.25) is 0 Å². The number of imidazole rings is 1. The van der Waals surface area contributed by atoms with Gasteiger partial charge in [0.1, 0.15) is 13.2 Å². The summed E-state index contributed by atoms with van der Waals surface area (Å²) in [6, 6.07) is 3.72. The smallest absolute Gasteiger partial charge is 0.371 e. The molecule has 1 aromatic heterocycles. The van der Waals surface area contributed by atoms with Gasteiger partial charge >= 0.3 is 5.97 Å². The molecule has 2 N–H and O–H groups in total. The van der Waals surface area contributed by atoms with Crippen molar-refractivity contribution in [1.29, 1.82) is 0 Å². The first-order valence-electron chi connectivity index (χ1n) is 5.84. The predicted octanol–water partition coefficient (Wildman–Crippen LogP) is 1.85. The molecule has 0 fully saturated rings. The van der Waals surface area contributed by atoms with Gasteiger partial charge in [-0.2, -0.15) is 0 Å². The van der Waals surface area contributed by atoms with Crippen LogP contribution in [0.4, 0.5) is 0 Å². The van der Waals surface area contributed by atoms with Crippen molar-refractivity contribution in [1.82, 2.24) is 9.97 Å². The van der Waals surface area contributed by atoms with Crippen molar-refractivity contribution in [2.45, 2.75) is 6.92 Å². The van der Waals surface area contributed by atoms with E-state index in [9.17, 15) is 4.79 Å². The van der Waals surface area contributed by atoms with E-state index in [2.05, 4.69) is 9.97 Å². The molecule has 98 valence electrons. The minimum absolute atomic E-state index is 0.0794. The molecule has 0 bridgehead atoms. The number of nitrogens with zero attached hydrogens (tertiary/aromatic N) is 1. The van der Waals surface area contributed by atoms with Gasteiger partial charge in [0.25, 0.3) is 0 Å². The Kier molecular flexibility index (Phi) is 2.63. The molecule has 3 rings (SSSR count). The minimum Gasteiger partial charge on any atom is -0.486 e. The lowest BCUT2D eigenvalue weighted by atomic mass is 10.1. The van der Waals surface area contributed by atoms with Gasteiger partial charge in [-0.05, 0) is 24.6 Å². The average molecular weight is 260 g/mol. The number of hydrogen-bond donors (Lipinski definition) is 2. The van der Waals surface area contributed by atoms with Gasteiger partial charge in [-0.25, -0.2) is 9.78 Å². The molecule has 2 aromatic rings. The number of fused-ring (bicyclic) bond motifs is 1. The summed E-state index contributed by atoms with van der Waals surface area (Å²) in [5.41, 5.74) is 2.46. The summed E-state index contributed by atoms with van der Waals surface area (Å²) in [7, 11) is 0. The number of carboxylic acid groups (broad SMARTS) is 1. The summed E-state index contributed by atoms with van der Waals surface area (Å²) in [5.74, 6) is 0.217. The van der Waals surface area contributed by atoms with Crippen LogP contribution >= 0.6 is 0 Å². The van der Waals surface area contributed by atoms with E-state index < -0.39 is 5.97 Å². The number of aromatic carboxylic acids is 1. The Morgan fingerprint density at radius 1 is 1.32 bits per heavy atom. The van der Waals surface area contributed by atoms with E-state index >= 15 is 0 Å². The van der Waals surface area contributed by atoms with Crippen molar-refractivity contribution in [3.05, 3.63) is 29.7 Å². The number of ether oxygens (including phenoxy) is 2. The molecule has 6 heteroatoms. The molecular weight excluding hydrogens is 248 g/mol. The van der Waals surface area contributed by atoms with Crippen molar-refractivity contribution in [3.8, 4) is 22.8 Å². The van der Waals surface area contributed by atoms with Crippen molar-refractivity contribution >= 4 is 5.97 Å². The molecule has 6 nitrogen and oxygen atoms in total. The van der Waals surface area contributed by atoms with Gasteiger partial charge in [0, 0.05) is 5.56 Å². The van der Waals surface area contributed by atoms with Crippen LogP contribution in [0.2, 0.25) is 0 Å². The van der Waals surface area contributed by atoms with E-state index in [1.807, 2.05) is 19.1 Å². The van der Waals surface area contributed by atoms with Gasteiger partial charge in [0.2, 0.25) is 5.82 Å². The molecule has 0 spiro atoms. The van der Waals surface area contributed by atoms with Crippen molar-refractivity contribution in [2.24, 2.45) is 0 Å². The summed E-state index contributed by atoms with van der Waals surface area (Å²) >= 11 is 0. The third-order valence-corrected chi connectivity index (χ3v) is 2.96. The van der Waals surface area contributed by atoms with Crippen LogP contribution in [0.3, 0.4) is 0 Å². The normalized spacial score (nSPS) is 13.3. The molecule has 0 amide bonds. The van der Waals surface area contributed by atoms with Crippen molar-refractivity contribution in [2.75, 3.05) is 13.2 Å². The number of nitrogens with one attached hydrogen (secondary N) is 1. The highest BCUT2D eigenvalue weighted by molar-refractivity contribution is 5.84. The van der Waals surface area contributed by atoms with Gasteiger partial charge < -0.3 is 19.6 Å². The predicted molar refractivity (Wildman–Crippen MR) is 66.7 cm³/mol. The molecule has 0 unspecified atom stereocenters. The maximum atomic E-state index is 10.8. The fourth-order valence-corrected chi connectivity index (χ4v) is 2.05. The van der Waals surface area contributed by atoms with Crippen LogP contribution in [-0.4, -0.2) is 34.3 Å². The molecule has 0 atom stereocenters. The summed E-state index contributed by atoms with van der Waals surface area (Å²) in [6.45, 7) is 2.98. The molecule has 0 radical (unpaired) electrons. The number of rotatable bonds is 2. The summed E-state index contributed by atoms with van der Waals surface area (Å²) in [6.07, 6.45) is 1.50. The van der Waals surface area contributed by atoms with Crippen LogP contribution in [0.1, 0.15) is 16.2 Å². The highest BCUT2D eigenvalue weighted by atomic mass is 16.6.